The zero-order chi connectivity index (χ0) is 15.1. The molecule has 116 valence electrons. The molecule has 0 unspecified atom stereocenters. The molecule has 1 aliphatic heterocycles. The fraction of sp³-hybridized carbons (Fsp3) is 0.533. The average Bonchev–Trinajstić information content (AvgIpc) is 2.55. The van der Waals surface area contributed by atoms with Crippen molar-refractivity contribution in [3.63, 3.8) is 0 Å². The fourth-order valence-corrected chi connectivity index (χ4v) is 3.69. The summed E-state index contributed by atoms with van der Waals surface area (Å²) in [6.07, 6.45) is 2.60. The standard InChI is InChI=1S/C15H23N3O2S/c1-20-14-3-2-12(8-13(14)15(16)18-19)10-17-9-11-4-6-21-7-5-11/h2-3,8,11,17,19H,4-7,9-10H2,1H3,(H2,16,18). The van der Waals surface area contributed by atoms with E-state index in [0.717, 1.165) is 24.6 Å². The lowest BCUT2D eigenvalue weighted by atomic mass is 10.0. The number of benzene rings is 1. The van der Waals surface area contributed by atoms with Crippen LogP contribution in [0.25, 0.3) is 0 Å². The Morgan fingerprint density at radius 3 is 2.90 bits per heavy atom. The van der Waals surface area contributed by atoms with Crippen molar-refractivity contribution in [1.29, 1.82) is 0 Å². The van der Waals surface area contributed by atoms with Gasteiger partial charge in [0.05, 0.1) is 12.7 Å². The molecule has 1 aromatic carbocycles. The quantitative estimate of drug-likeness (QED) is 0.324. The van der Waals surface area contributed by atoms with E-state index in [1.54, 1.807) is 7.11 Å². The highest BCUT2D eigenvalue weighted by molar-refractivity contribution is 7.99. The molecule has 1 aliphatic rings. The van der Waals surface area contributed by atoms with Gasteiger partial charge in [0, 0.05) is 6.54 Å². The molecule has 1 saturated heterocycles. The summed E-state index contributed by atoms with van der Waals surface area (Å²) in [4.78, 5) is 0. The minimum Gasteiger partial charge on any atom is -0.496 e. The molecular formula is C15H23N3O2S. The highest BCUT2D eigenvalue weighted by Gasteiger charge is 2.13. The van der Waals surface area contributed by atoms with E-state index in [1.807, 2.05) is 30.0 Å². The first-order chi connectivity index (χ1) is 10.2. The van der Waals surface area contributed by atoms with E-state index >= 15 is 0 Å². The summed E-state index contributed by atoms with van der Waals surface area (Å²) in [5.41, 5.74) is 7.40. The molecule has 0 aliphatic carbocycles. The van der Waals surface area contributed by atoms with Crippen molar-refractivity contribution in [1.82, 2.24) is 5.32 Å². The number of methoxy groups -OCH3 is 1. The number of amidine groups is 1. The van der Waals surface area contributed by atoms with E-state index in [1.165, 1.54) is 24.3 Å². The van der Waals surface area contributed by atoms with Gasteiger partial charge in [-0.25, -0.2) is 0 Å². The van der Waals surface area contributed by atoms with Gasteiger partial charge in [-0.2, -0.15) is 11.8 Å². The second kappa shape index (κ2) is 8.14. The molecule has 0 amide bonds. The van der Waals surface area contributed by atoms with Crippen LogP contribution in [0.4, 0.5) is 0 Å². The monoisotopic (exact) mass is 309 g/mol. The lowest BCUT2D eigenvalue weighted by Crippen LogP contribution is -2.25. The van der Waals surface area contributed by atoms with Crippen LogP contribution in [-0.2, 0) is 6.54 Å². The lowest BCUT2D eigenvalue weighted by Gasteiger charge is -2.21. The summed E-state index contributed by atoms with van der Waals surface area (Å²) in [5.74, 6) is 4.02. The number of rotatable bonds is 6. The van der Waals surface area contributed by atoms with E-state index < -0.39 is 0 Å². The summed E-state index contributed by atoms with van der Waals surface area (Å²) >= 11 is 2.05. The van der Waals surface area contributed by atoms with Crippen molar-refractivity contribution in [2.24, 2.45) is 16.8 Å². The molecule has 0 bridgehead atoms. The predicted octanol–water partition coefficient (Wildman–Crippen LogP) is 2.02. The Bertz CT molecular complexity index is 488. The second-order valence-electron chi connectivity index (χ2n) is 5.21. The second-order valence-corrected chi connectivity index (χ2v) is 6.43. The first-order valence-electron chi connectivity index (χ1n) is 7.18. The number of ether oxygens (including phenoxy) is 1. The van der Waals surface area contributed by atoms with E-state index in [-0.39, 0.29) is 5.84 Å². The fourth-order valence-electron chi connectivity index (χ4n) is 2.49. The van der Waals surface area contributed by atoms with Gasteiger partial charge in [-0.3, -0.25) is 0 Å². The Hall–Kier alpha value is -1.40. The average molecular weight is 309 g/mol. The van der Waals surface area contributed by atoms with Crippen LogP contribution >= 0.6 is 11.8 Å². The predicted molar refractivity (Wildman–Crippen MR) is 87.3 cm³/mol. The van der Waals surface area contributed by atoms with Gasteiger partial charge in [-0.05, 0) is 54.5 Å². The highest BCUT2D eigenvalue weighted by Crippen LogP contribution is 2.22. The molecule has 0 radical (unpaired) electrons. The maximum absolute atomic E-state index is 8.84. The highest BCUT2D eigenvalue weighted by atomic mass is 32.2. The third kappa shape index (κ3) is 4.54. The summed E-state index contributed by atoms with van der Waals surface area (Å²) < 4.78 is 5.23. The van der Waals surface area contributed by atoms with Crippen LogP contribution in [0.15, 0.2) is 23.4 Å². The molecule has 0 spiro atoms. The van der Waals surface area contributed by atoms with Gasteiger partial charge in [-0.15, -0.1) is 0 Å². The Kier molecular flexibility index (Phi) is 6.20. The molecular weight excluding hydrogens is 286 g/mol. The van der Waals surface area contributed by atoms with Crippen LogP contribution in [0.5, 0.6) is 5.75 Å². The van der Waals surface area contributed by atoms with Crippen molar-refractivity contribution < 1.29 is 9.94 Å². The molecule has 4 N–H and O–H groups in total. The zero-order valence-electron chi connectivity index (χ0n) is 12.3. The number of nitrogens with two attached hydrogens (primary N) is 1. The molecule has 0 atom stereocenters. The molecule has 1 heterocycles. The van der Waals surface area contributed by atoms with Crippen LogP contribution in [0, 0.1) is 5.92 Å². The molecule has 2 rings (SSSR count). The molecule has 1 fully saturated rings. The first kappa shape index (κ1) is 16.0. The van der Waals surface area contributed by atoms with Gasteiger partial charge in [0.2, 0.25) is 0 Å². The van der Waals surface area contributed by atoms with Crippen molar-refractivity contribution in [2.75, 3.05) is 25.2 Å². The Morgan fingerprint density at radius 2 is 2.24 bits per heavy atom. The van der Waals surface area contributed by atoms with Crippen LogP contribution in [0.3, 0.4) is 0 Å². The van der Waals surface area contributed by atoms with Crippen LogP contribution < -0.4 is 15.8 Å². The number of nitrogens with one attached hydrogen (secondary N) is 1. The van der Waals surface area contributed by atoms with E-state index in [0.29, 0.717) is 11.3 Å². The van der Waals surface area contributed by atoms with Gasteiger partial charge >= 0.3 is 0 Å². The van der Waals surface area contributed by atoms with Gasteiger partial charge in [-0.1, -0.05) is 11.2 Å². The Morgan fingerprint density at radius 1 is 1.48 bits per heavy atom. The Balaban J connectivity index is 1.93. The third-order valence-electron chi connectivity index (χ3n) is 3.75. The molecule has 5 nitrogen and oxygen atoms in total. The maximum Gasteiger partial charge on any atom is 0.173 e. The van der Waals surface area contributed by atoms with Gasteiger partial charge in [0.1, 0.15) is 5.75 Å². The number of nitrogens with zero attached hydrogens (tertiary/aromatic N) is 1. The van der Waals surface area contributed by atoms with E-state index in [4.69, 9.17) is 15.7 Å². The van der Waals surface area contributed by atoms with Crippen LogP contribution in [0.1, 0.15) is 24.0 Å². The molecule has 0 aromatic heterocycles. The van der Waals surface area contributed by atoms with Crippen molar-refractivity contribution in [3.8, 4) is 5.75 Å². The zero-order valence-corrected chi connectivity index (χ0v) is 13.2. The molecule has 1 aromatic rings. The summed E-state index contributed by atoms with van der Waals surface area (Å²) in [5, 5.41) is 15.4. The molecule has 21 heavy (non-hydrogen) atoms. The van der Waals surface area contributed by atoms with E-state index in [2.05, 4.69) is 10.5 Å². The number of oxime groups is 1. The smallest absolute Gasteiger partial charge is 0.173 e. The SMILES string of the molecule is COc1ccc(CNCC2CCSCC2)cc1/C(N)=N/O. The topological polar surface area (TPSA) is 79.9 Å². The van der Waals surface area contributed by atoms with Crippen molar-refractivity contribution in [3.05, 3.63) is 29.3 Å². The summed E-state index contributed by atoms with van der Waals surface area (Å²) in [7, 11) is 1.57. The number of hydrogen-bond acceptors (Lipinski definition) is 5. The molecule has 0 saturated carbocycles. The minimum atomic E-state index is 0.0676. The molecule has 6 heteroatoms. The summed E-state index contributed by atoms with van der Waals surface area (Å²) in [6.45, 7) is 1.82. The van der Waals surface area contributed by atoms with Crippen LogP contribution in [0.2, 0.25) is 0 Å². The summed E-state index contributed by atoms with van der Waals surface area (Å²) in [6, 6.07) is 5.75. The first-order valence-corrected chi connectivity index (χ1v) is 8.33. The normalized spacial score (nSPS) is 16.9. The Labute approximate surface area is 129 Å². The van der Waals surface area contributed by atoms with Gasteiger partial charge < -0.3 is 21.0 Å². The lowest BCUT2D eigenvalue weighted by molar-refractivity contribution is 0.318. The third-order valence-corrected chi connectivity index (χ3v) is 4.80. The van der Waals surface area contributed by atoms with E-state index in [9.17, 15) is 0 Å². The van der Waals surface area contributed by atoms with Crippen LogP contribution in [-0.4, -0.2) is 36.2 Å². The largest absolute Gasteiger partial charge is 0.496 e. The van der Waals surface area contributed by atoms with Crippen molar-refractivity contribution in [2.45, 2.75) is 19.4 Å². The van der Waals surface area contributed by atoms with Gasteiger partial charge in [0.25, 0.3) is 0 Å². The minimum absolute atomic E-state index is 0.0676. The van der Waals surface area contributed by atoms with Gasteiger partial charge in [0.15, 0.2) is 5.84 Å². The number of thioether (sulfide) groups is 1. The maximum atomic E-state index is 8.84. The van der Waals surface area contributed by atoms with Crippen molar-refractivity contribution >= 4 is 17.6 Å². The number of hydrogen-bond donors (Lipinski definition) is 3.